The zero-order valence-corrected chi connectivity index (χ0v) is 9.99. The zero-order chi connectivity index (χ0) is 13.2. The van der Waals surface area contributed by atoms with Gasteiger partial charge >= 0.3 is 0 Å². The first-order chi connectivity index (χ1) is 8.56. The van der Waals surface area contributed by atoms with Crippen LogP contribution in [0.1, 0.15) is 12.0 Å². The fourth-order valence-electron chi connectivity index (χ4n) is 1.86. The lowest BCUT2D eigenvalue weighted by atomic mass is 10.0. The molecule has 0 saturated heterocycles. The second-order valence-corrected chi connectivity index (χ2v) is 4.11. The van der Waals surface area contributed by atoms with Crippen LogP contribution in [-0.4, -0.2) is 18.8 Å². The molecule has 0 spiro atoms. The number of aliphatic hydroxyl groups is 1. The van der Waals surface area contributed by atoms with Crippen LogP contribution in [0.5, 0.6) is 5.75 Å². The normalized spacial score (nSPS) is 11.8. The molecular weight excluding hydrogens is 238 g/mol. The lowest BCUT2D eigenvalue weighted by Crippen LogP contribution is -2.15. The Morgan fingerprint density at radius 1 is 1.11 bits per heavy atom. The van der Waals surface area contributed by atoms with E-state index in [2.05, 4.69) is 0 Å². The minimum Gasteiger partial charge on any atom is -0.497 e. The molecule has 0 aliphatic rings. The van der Waals surface area contributed by atoms with Gasteiger partial charge < -0.3 is 9.84 Å². The molecule has 2 aromatic rings. The average molecular weight is 252 g/mol. The molecule has 0 saturated carbocycles. The molecule has 96 valence electrons. The number of benzene rings is 2. The van der Waals surface area contributed by atoms with E-state index >= 15 is 0 Å². The highest BCUT2D eigenvalue weighted by Crippen LogP contribution is 2.33. The topological polar surface area (TPSA) is 29.5 Å². The molecule has 4 heteroatoms. The van der Waals surface area contributed by atoms with Crippen molar-refractivity contribution in [2.75, 3.05) is 13.7 Å². The van der Waals surface area contributed by atoms with E-state index in [0.29, 0.717) is 5.75 Å². The van der Waals surface area contributed by atoms with Gasteiger partial charge in [0.05, 0.1) is 7.11 Å². The van der Waals surface area contributed by atoms with Gasteiger partial charge in [0, 0.05) is 18.6 Å². The van der Waals surface area contributed by atoms with Crippen LogP contribution >= 0.6 is 0 Å². The van der Waals surface area contributed by atoms with Crippen LogP contribution in [0, 0.1) is 0 Å². The second kappa shape index (κ2) is 4.90. The molecule has 0 atom stereocenters. The standard InChI is InChI=1S/C14H14F2O2/c1-18-13-5-3-10-8-12(4-2-11(10)9-13)14(15,16)6-7-17/h2-5,8-9,17H,6-7H2,1H3. The molecular formula is C14H14F2O2. The maximum Gasteiger partial charge on any atom is 0.275 e. The van der Waals surface area contributed by atoms with E-state index in [-0.39, 0.29) is 5.56 Å². The van der Waals surface area contributed by atoms with Gasteiger partial charge in [0.25, 0.3) is 5.92 Å². The van der Waals surface area contributed by atoms with Gasteiger partial charge in [0.15, 0.2) is 0 Å². The summed E-state index contributed by atoms with van der Waals surface area (Å²) in [5.74, 6) is -2.31. The van der Waals surface area contributed by atoms with Crippen molar-refractivity contribution in [2.45, 2.75) is 12.3 Å². The molecule has 2 aromatic carbocycles. The predicted molar refractivity (Wildman–Crippen MR) is 66.1 cm³/mol. The fourth-order valence-corrected chi connectivity index (χ4v) is 1.86. The Kier molecular flexibility index (Phi) is 3.48. The molecule has 0 fully saturated rings. The summed E-state index contributed by atoms with van der Waals surface area (Å²) in [6, 6.07) is 9.74. The third-order valence-electron chi connectivity index (χ3n) is 2.90. The van der Waals surface area contributed by atoms with Crippen molar-refractivity contribution in [3.8, 4) is 5.75 Å². The van der Waals surface area contributed by atoms with Gasteiger partial charge in [-0.25, -0.2) is 8.78 Å². The molecule has 18 heavy (non-hydrogen) atoms. The first-order valence-corrected chi connectivity index (χ1v) is 5.64. The van der Waals surface area contributed by atoms with Crippen molar-refractivity contribution in [3.63, 3.8) is 0 Å². The molecule has 1 N–H and O–H groups in total. The van der Waals surface area contributed by atoms with Gasteiger partial charge in [-0.2, -0.15) is 0 Å². The van der Waals surface area contributed by atoms with Gasteiger partial charge in [0.1, 0.15) is 5.75 Å². The van der Waals surface area contributed by atoms with E-state index in [4.69, 9.17) is 9.84 Å². The van der Waals surface area contributed by atoms with Crippen molar-refractivity contribution in [1.82, 2.24) is 0 Å². The lowest BCUT2D eigenvalue weighted by molar-refractivity contribution is -0.0268. The van der Waals surface area contributed by atoms with Gasteiger partial charge in [-0.15, -0.1) is 0 Å². The van der Waals surface area contributed by atoms with E-state index in [1.165, 1.54) is 12.1 Å². The Morgan fingerprint density at radius 3 is 2.44 bits per heavy atom. The molecule has 2 rings (SSSR count). The predicted octanol–water partition coefficient (Wildman–Crippen LogP) is 3.32. The van der Waals surface area contributed by atoms with Crippen molar-refractivity contribution >= 4 is 10.8 Å². The van der Waals surface area contributed by atoms with E-state index in [0.717, 1.165) is 10.8 Å². The largest absolute Gasteiger partial charge is 0.497 e. The van der Waals surface area contributed by atoms with E-state index in [1.54, 1.807) is 31.4 Å². The molecule has 0 aliphatic heterocycles. The minimum atomic E-state index is -3.00. The van der Waals surface area contributed by atoms with Gasteiger partial charge in [-0.3, -0.25) is 0 Å². The van der Waals surface area contributed by atoms with Gasteiger partial charge in [-0.1, -0.05) is 18.2 Å². The summed E-state index contributed by atoms with van der Waals surface area (Å²) in [5.41, 5.74) is -0.0748. The number of hydrogen-bond donors (Lipinski definition) is 1. The number of fused-ring (bicyclic) bond motifs is 1. The molecule has 0 unspecified atom stereocenters. The van der Waals surface area contributed by atoms with Gasteiger partial charge in [-0.05, 0) is 29.0 Å². The number of halogens is 2. The highest BCUT2D eigenvalue weighted by molar-refractivity contribution is 5.84. The number of alkyl halides is 2. The summed E-state index contributed by atoms with van der Waals surface area (Å²) in [7, 11) is 1.56. The van der Waals surface area contributed by atoms with Crippen molar-refractivity contribution in [2.24, 2.45) is 0 Å². The zero-order valence-electron chi connectivity index (χ0n) is 9.99. The molecule has 0 amide bonds. The monoisotopic (exact) mass is 252 g/mol. The number of aliphatic hydroxyl groups excluding tert-OH is 1. The Balaban J connectivity index is 2.45. The number of ether oxygens (including phenoxy) is 1. The SMILES string of the molecule is COc1ccc2cc(C(F)(F)CCO)ccc2c1. The highest BCUT2D eigenvalue weighted by atomic mass is 19.3. The third-order valence-corrected chi connectivity index (χ3v) is 2.90. The van der Waals surface area contributed by atoms with Crippen LogP contribution in [0.2, 0.25) is 0 Å². The van der Waals surface area contributed by atoms with Crippen molar-refractivity contribution in [3.05, 3.63) is 42.0 Å². The van der Waals surface area contributed by atoms with E-state index in [1.807, 2.05) is 0 Å². The average Bonchev–Trinajstić information content (AvgIpc) is 2.37. The summed E-state index contributed by atoms with van der Waals surface area (Å²) >= 11 is 0. The first-order valence-electron chi connectivity index (χ1n) is 5.64. The van der Waals surface area contributed by atoms with E-state index in [9.17, 15) is 8.78 Å². The fraction of sp³-hybridized carbons (Fsp3) is 0.286. The van der Waals surface area contributed by atoms with Crippen LogP contribution in [0.4, 0.5) is 8.78 Å². The molecule has 2 nitrogen and oxygen atoms in total. The lowest BCUT2D eigenvalue weighted by Gasteiger charge is -2.16. The molecule has 0 heterocycles. The van der Waals surface area contributed by atoms with Crippen LogP contribution in [-0.2, 0) is 5.92 Å². The molecule has 0 aliphatic carbocycles. The number of methoxy groups -OCH3 is 1. The van der Waals surface area contributed by atoms with Crippen molar-refractivity contribution in [1.29, 1.82) is 0 Å². The second-order valence-electron chi connectivity index (χ2n) is 4.11. The summed E-state index contributed by atoms with van der Waals surface area (Å²) < 4.78 is 32.4. The summed E-state index contributed by atoms with van der Waals surface area (Å²) in [6.45, 7) is -0.534. The quantitative estimate of drug-likeness (QED) is 0.904. The molecule has 0 bridgehead atoms. The smallest absolute Gasteiger partial charge is 0.275 e. The summed E-state index contributed by atoms with van der Waals surface area (Å²) in [6.07, 6.45) is -0.561. The summed E-state index contributed by atoms with van der Waals surface area (Å²) in [5, 5.41) is 10.2. The third kappa shape index (κ3) is 2.43. The highest BCUT2D eigenvalue weighted by Gasteiger charge is 2.30. The van der Waals surface area contributed by atoms with Crippen molar-refractivity contribution < 1.29 is 18.6 Å². The van der Waals surface area contributed by atoms with Gasteiger partial charge in [0.2, 0.25) is 0 Å². The molecule has 0 aromatic heterocycles. The minimum absolute atomic E-state index is 0.0748. The Labute approximate surface area is 104 Å². The molecule has 0 radical (unpaired) electrons. The Bertz CT molecular complexity index is 552. The Hall–Kier alpha value is -1.68. The maximum atomic E-state index is 13.6. The Morgan fingerprint density at radius 2 is 1.78 bits per heavy atom. The summed E-state index contributed by atoms with van der Waals surface area (Å²) in [4.78, 5) is 0. The van der Waals surface area contributed by atoms with Crippen LogP contribution in [0.3, 0.4) is 0 Å². The maximum absolute atomic E-state index is 13.6. The van der Waals surface area contributed by atoms with Crippen LogP contribution in [0.15, 0.2) is 36.4 Å². The van der Waals surface area contributed by atoms with E-state index < -0.39 is 19.0 Å². The number of hydrogen-bond acceptors (Lipinski definition) is 2. The van der Waals surface area contributed by atoms with Crippen LogP contribution in [0.25, 0.3) is 10.8 Å². The number of rotatable bonds is 4. The van der Waals surface area contributed by atoms with Crippen LogP contribution < -0.4 is 4.74 Å². The first kappa shape index (κ1) is 12.8.